The van der Waals surface area contributed by atoms with Crippen LogP contribution in [0.5, 0.6) is 0 Å². The lowest BCUT2D eigenvalue weighted by molar-refractivity contribution is 0.0945. The van der Waals surface area contributed by atoms with Gasteiger partial charge >= 0.3 is 0 Å². The number of amides is 1. The number of aromatic nitrogens is 3. The van der Waals surface area contributed by atoms with Gasteiger partial charge < -0.3 is 10.2 Å². The highest BCUT2D eigenvalue weighted by atomic mass is 16.1. The Morgan fingerprint density at radius 3 is 2.58 bits per heavy atom. The predicted octanol–water partition coefficient (Wildman–Crippen LogP) is 2.57. The number of para-hydroxylation sites is 1. The molecule has 0 fully saturated rings. The monoisotopic (exact) mass is 319 g/mol. The van der Waals surface area contributed by atoms with Crippen molar-refractivity contribution in [2.75, 3.05) is 11.9 Å². The second-order valence-electron chi connectivity index (χ2n) is 5.19. The normalized spacial score (nSPS) is 10.2. The van der Waals surface area contributed by atoms with E-state index in [4.69, 9.17) is 0 Å². The van der Waals surface area contributed by atoms with Crippen LogP contribution in [0.2, 0.25) is 0 Å². The van der Waals surface area contributed by atoms with E-state index in [1.165, 1.54) is 6.33 Å². The highest BCUT2D eigenvalue weighted by Gasteiger charge is 2.11. The molecule has 1 aromatic carbocycles. The van der Waals surface area contributed by atoms with Gasteiger partial charge in [0, 0.05) is 37.7 Å². The molecule has 3 aromatic rings. The molecule has 0 aliphatic heterocycles. The molecule has 6 nitrogen and oxygen atoms in total. The second-order valence-corrected chi connectivity index (χ2v) is 5.19. The summed E-state index contributed by atoms with van der Waals surface area (Å²) in [5.41, 5.74) is 2.30. The average molecular weight is 319 g/mol. The highest BCUT2D eigenvalue weighted by Crippen LogP contribution is 2.20. The number of pyridine rings is 1. The quantitative estimate of drug-likeness (QED) is 0.782. The molecule has 24 heavy (non-hydrogen) atoms. The fourth-order valence-electron chi connectivity index (χ4n) is 2.21. The topological polar surface area (TPSA) is 71.0 Å². The Kier molecular flexibility index (Phi) is 4.76. The summed E-state index contributed by atoms with van der Waals surface area (Å²) in [6.45, 7) is 0.426. The van der Waals surface area contributed by atoms with E-state index in [9.17, 15) is 4.79 Å². The highest BCUT2D eigenvalue weighted by molar-refractivity contribution is 5.93. The Labute approximate surface area is 140 Å². The summed E-state index contributed by atoms with van der Waals surface area (Å²) in [6.07, 6.45) is 4.79. The van der Waals surface area contributed by atoms with E-state index in [0.29, 0.717) is 18.1 Å². The van der Waals surface area contributed by atoms with Gasteiger partial charge in [0.25, 0.3) is 5.91 Å². The molecule has 3 rings (SSSR count). The standard InChI is InChI=1S/C18H17N5O/c1-23(15-5-3-2-4-6-15)17-11-16(21-13-22-17)18(24)20-12-14-7-9-19-10-8-14/h2-11,13H,12H2,1H3,(H,20,24). The zero-order chi connectivity index (χ0) is 16.8. The molecule has 1 amide bonds. The summed E-state index contributed by atoms with van der Waals surface area (Å²) in [4.78, 5) is 26.5. The van der Waals surface area contributed by atoms with Crippen LogP contribution in [0, 0.1) is 0 Å². The maximum atomic E-state index is 12.3. The molecule has 0 saturated heterocycles. The van der Waals surface area contributed by atoms with Gasteiger partial charge in [-0.1, -0.05) is 18.2 Å². The number of nitrogens with one attached hydrogen (secondary N) is 1. The van der Waals surface area contributed by atoms with Crippen LogP contribution in [0.25, 0.3) is 0 Å². The predicted molar refractivity (Wildman–Crippen MR) is 91.9 cm³/mol. The van der Waals surface area contributed by atoms with Crippen LogP contribution in [-0.4, -0.2) is 27.9 Å². The van der Waals surface area contributed by atoms with Crippen molar-refractivity contribution in [3.05, 3.63) is 78.5 Å². The molecule has 6 heteroatoms. The lowest BCUT2D eigenvalue weighted by Gasteiger charge is -2.18. The number of carbonyl (C=O) groups is 1. The molecule has 1 N–H and O–H groups in total. The van der Waals surface area contributed by atoms with Gasteiger partial charge in [0.2, 0.25) is 0 Å². The molecule has 0 atom stereocenters. The molecule has 0 aliphatic carbocycles. The summed E-state index contributed by atoms with van der Waals surface area (Å²) in [6, 6.07) is 15.2. The number of hydrogen-bond donors (Lipinski definition) is 1. The van der Waals surface area contributed by atoms with Gasteiger partial charge in [-0.25, -0.2) is 9.97 Å². The number of carbonyl (C=O) groups excluding carboxylic acids is 1. The third kappa shape index (κ3) is 3.73. The first-order valence-corrected chi connectivity index (χ1v) is 7.52. The number of hydrogen-bond acceptors (Lipinski definition) is 5. The maximum absolute atomic E-state index is 12.3. The van der Waals surface area contributed by atoms with Crippen molar-refractivity contribution in [3.8, 4) is 0 Å². The maximum Gasteiger partial charge on any atom is 0.270 e. The van der Waals surface area contributed by atoms with E-state index in [2.05, 4.69) is 20.3 Å². The Bertz CT molecular complexity index is 808. The Morgan fingerprint density at radius 2 is 1.83 bits per heavy atom. The molecule has 0 spiro atoms. The minimum Gasteiger partial charge on any atom is -0.347 e. The van der Waals surface area contributed by atoms with Crippen molar-refractivity contribution in [3.63, 3.8) is 0 Å². The molecule has 0 unspecified atom stereocenters. The smallest absolute Gasteiger partial charge is 0.270 e. The van der Waals surface area contributed by atoms with Crippen LogP contribution in [0.4, 0.5) is 11.5 Å². The van der Waals surface area contributed by atoms with E-state index in [1.54, 1.807) is 18.5 Å². The van der Waals surface area contributed by atoms with Crippen molar-refractivity contribution < 1.29 is 4.79 Å². The molecule has 2 aromatic heterocycles. The number of benzene rings is 1. The van der Waals surface area contributed by atoms with Crippen LogP contribution in [0.3, 0.4) is 0 Å². The number of nitrogens with zero attached hydrogens (tertiary/aromatic N) is 4. The third-order valence-corrected chi connectivity index (χ3v) is 3.57. The Morgan fingerprint density at radius 1 is 1.08 bits per heavy atom. The second kappa shape index (κ2) is 7.32. The van der Waals surface area contributed by atoms with Crippen LogP contribution in [0.15, 0.2) is 67.3 Å². The van der Waals surface area contributed by atoms with Gasteiger partial charge in [0.15, 0.2) is 0 Å². The molecule has 0 aliphatic rings. The average Bonchev–Trinajstić information content (AvgIpc) is 2.67. The molecule has 0 saturated carbocycles. The summed E-state index contributed by atoms with van der Waals surface area (Å²) >= 11 is 0. The van der Waals surface area contributed by atoms with E-state index >= 15 is 0 Å². The number of anilines is 2. The molecule has 0 radical (unpaired) electrons. The first-order chi connectivity index (χ1) is 11.7. The van der Waals surface area contributed by atoms with Crippen LogP contribution in [-0.2, 0) is 6.54 Å². The van der Waals surface area contributed by atoms with Crippen LogP contribution < -0.4 is 10.2 Å². The molecular weight excluding hydrogens is 302 g/mol. The van der Waals surface area contributed by atoms with E-state index in [1.807, 2.05) is 54.4 Å². The van der Waals surface area contributed by atoms with Crippen molar-refractivity contribution in [2.24, 2.45) is 0 Å². The van der Waals surface area contributed by atoms with Gasteiger partial charge in [-0.2, -0.15) is 0 Å². The SMILES string of the molecule is CN(c1ccccc1)c1cc(C(=O)NCc2ccncc2)ncn1. The Balaban J connectivity index is 1.71. The van der Waals surface area contributed by atoms with Crippen LogP contribution in [0.1, 0.15) is 16.1 Å². The number of rotatable bonds is 5. The van der Waals surface area contributed by atoms with Crippen LogP contribution >= 0.6 is 0 Å². The van der Waals surface area contributed by atoms with Gasteiger partial charge in [0.1, 0.15) is 17.8 Å². The van der Waals surface area contributed by atoms with Crippen molar-refractivity contribution >= 4 is 17.4 Å². The molecular formula is C18H17N5O. The summed E-state index contributed by atoms with van der Waals surface area (Å²) in [5, 5.41) is 2.85. The van der Waals surface area contributed by atoms with E-state index in [-0.39, 0.29) is 5.91 Å². The van der Waals surface area contributed by atoms with Crippen molar-refractivity contribution in [2.45, 2.75) is 6.54 Å². The van der Waals surface area contributed by atoms with E-state index in [0.717, 1.165) is 11.3 Å². The Hall–Kier alpha value is -3.28. The van der Waals surface area contributed by atoms with Crippen molar-refractivity contribution in [1.29, 1.82) is 0 Å². The summed E-state index contributed by atoms with van der Waals surface area (Å²) < 4.78 is 0. The van der Waals surface area contributed by atoms with Crippen molar-refractivity contribution in [1.82, 2.24) is 20.3 Å². The van der Waals surface area contributed by atoms with Gasteiger partial charge in [-0.15, -0.1) is 0 Å². The minimum atomic E-state index is -0.239. The lowest BCUT2D eigenvalue weighted by Crippen LogP contribution is -2.24. The van der Waals surface area contributed by atoms with Gasteiger partial charge in [-0.3, -0.25) is 9.78 Å². The largest absolute Gasteiger partial charge is 0.347 e. The van der Waals surface area contributed by atoms with Gasteiger partial charge in [0.05, 0.1) is 0 Å². The minimum absolute atomic E-state index is 0.239. The summed E-state index contributed by atoms with van der Waals surface area (Å²) in [5.74, 6) is 0.419. The zero-order valence-corrected chi connectivity index (χ0v) is 13.3. The fraction of sp³-hybridized carbons (Fsp3) is 0.111. The van der Waals surface area contributed by atoms with E-state index < -0.39 is 0 Å². The molecule has 120 valence electrons. The molecule has 0 bridgehead atoms. The summed E-state index contributed by atoms with van der Waals surface area (Å²) in [7, 11) is 1.90. The lowest BCUT2D eigenvalue weighted by atomic mass is 10.2. The fourth-order valence-corrected chi connectivity index (χ4v) is 2.21. The first kappa shape index (κ1) is 15.6. The zero-order valence-electron chi connectivity index (χ0n) is 13.3. The van der Waals surface area contributed by atoms with Gasteiger partial charge in [-0.05, 0) is 29.8 Å². The third-order valence-electron chi connectivity index (χ3n) is 3.57. The molecule has 2 heterocycles. The first-order valence-electron chi connectivity index (χ1n) is 7.52.